The first-order valence-corrected chi connectivity index (χ1v) is 7.76. The van der Waals surface area contributed by atoms with Crippen molar-refractivity contribution >= 4 is 11.6 Å². The Hall–Kier alpha value is -4.33. The maximum atomic E-state index is 13.3. The van der Waals surface area contributed by atoms with Crippen molar-refractivity contribution in [2.24, 2.45) is 0 Å². The number of nitrogens with zero attached hydrogens (tertiary/aromatic N) is 5. The van der Waals surface area contributed by atoms with Crippen LogP contribution in [0.4, 0.5) is 10.1 Å². The maximum absolute atomic E-state index is 13.3. The first-order chi connectivity index (χ1) is 13.5. The molecule has 0 bridgehead atoms. The van der Waals surface area contributed by atoms with E-state index in [2.05, 4.69) is 15.4 Å². The molecule has 0 aliphatic carbocycles. The van der Waals surface area contributed by atoms with E-state index in [0.717, 1.165) is 12.1 Å². The summed E-state index contributed by atoms with van der Waals surface area (Å²) in [4.78, 5) is 26.6. The summed E-state index contributed by atoms with van der Waals surface area (Å²) in [6.45, 7) is -0.269. The number of amides is 1. The summed E-state index contributed by atoms with van der Waals surface area (Å²) in [5.74, 6) is -1.92. The smallest absolute Gasteiger partial charge is 0.314 e. The highest BCUT2D eigenvalue weighted by atomic mass is 19.1. The number of hydrogen-bond acceptors (Lipinski definition) is 7. The number of rotatable bonds is 6. The van der Waals surface area contributed by atoms with Crippen molar-refractivity contribution < 1.29 is 18.8 Å². The summed E-state index contributed by atoms with van der Waals surface area (Å²) in [5, 5.41) is 26.2. The lowest BCUT2D eigenvalue weighted by molar-refractivity contribution is -0.385. The van der Waals surface area contributed by atoms with Gasteiger partial charge in [0.05, 0.1) is 35.1 Å². The Bertz CT molecular complexity index is 1080. The summed E-state index contributed by atoms with van der Waals surface area (Å²) < 4.78 is 20.1. The van der Waals surface area contributed by atoms with Crippen LogP contribution in [0.5, 0.6) is 11.5 Å². The number of hydrogen-bond donors (Lipinski definition) is 1. The number of carbonyl (C=O) groups excluding carboxylic acids is 1. The second-order valence-electron chi connectivity index (χ2n) is 5.31. The Morgan fingerprint density at radius 2 is 2.21 bits per heavy atom. The quantitative estimate of drug-likeness (QED) is 0.392. The van der Waals surface area contributed by atoms with Crippen LogP contribution in [-0.4, -0.2) is 32.1 Å². The first-order valence-electron chi connectivity index (χ1n) is 7.76. The second kappa shape index (κ2) is 7.92. The molecule has 140 valence electrons. The van der Waals surface area contributed by atoms with E-state index in [4.69, 9.17) is 10.00 Å². The molecule has 3 rings (SSSR count). The molecule has 1 aromatic carbocycles. The molecule has 2 heterocycles. The molecule has 1 N–H and O–H groups in total. The zero-order chi connectivity index (χ0) is 20.1. The van der Waals surface area contributed by atoms with Gasteiger partial charge in [0.1, 0.15) is 12.4 Å². The van der Waals surface area contributed by atoms with Gasteiger partial charge in [0.25, 0.3) is 5.91 Å². The summed E-state index contributed by atoms with van der Waals surface area (Å²) in [5.41, 5.74) is -0.324. The van der Waals surface area contributed by atoms with Crippen molar-refractivity contribution in [2.75, 3.05) is 6.54 Å². The van der Waals surface area contributed by atoms with Crippen LogP contribution in [-0.2, 0) is 0 Å². The van der Waals surface area contributed by atoms with E-state index in [-0.39, 0.29) is 23.7 Å². The number of nitro groups is 1. The molecule has 0 spiro atoms. The van der Waals surface area contributed by atoms with Gasteiger partial charge in [0.2, 0.25) is 5.75 Å². The average molecular weight is 382 g/mol. The normalized spacial score (nSPS) is 10.1. The summed E-state index contributed by atoms with van der Waals surface area (Å²) in [6, 6.07) is 7.85. The second-order valence-corrected chi connectivity index (χ2v) is 5.31. The van der Waals surface area contributed by atoms with Gasteiger partial charge >= 0.3 is 5.69 Å². The minimum Gasteiger partial charge on any atom is -0.446 e. The molecular formula is C17H11FN6O4. The van der Waals surface area contributed by atoms with Gasteiger partial charge in [-0.3, -0.25) is 19.9 Å². The van der Waals surface area contributed by atoms with E-state index in [0.29, 0.717) is 11.8 Å². The highest BCUT2D eigenvalue weighted by Gasteiger charge is 2.23. The number of pyridine rings is 1. The van der Waals surface area contributed by atoms with Crippen LogP contribution in [0, 0.1) is 27.3 Å². The third kappa shape index (κ3) is 3.91. The Morgan fingerprint density at radius 3 is 2.89 bits per heavy atom. The molecular weight excluding hydrogens is 371 g/mol. The maximum Gasteiger partial charge on any atom is 0.314 e. The topological polar surface area (TPSA) is 136 Å². The number of nitro benzene ring substituents is 1. The molecule has 28 heavy (non-hydrogen) atoms. The Labute approximate surface area is 157 Å². The molecule has 2 aromatic heterocycles. The molecule has 0 saturated heterocycles. The van der Waals surface area contributed by atoms with E-state index in [1.807, 2.05) is 0 Å². The Morgan fingerprint density at radius 1 is 1.39 bits per heavy atom. The fourth-order valence-electron chi connectivity index (χ4n) is 2.25. The summed E-state index contributed by atoms with van der Waals surface area (Å²) in [6.07, 6.45) is 4.35. The van der Waals surface area contributed by atoms with Gasteiger partial charge in [-0.25, -0.2) is 9.07 Å². The van der Waals surface area contributed by atoms with Crippen LogP contribution in [0.3, 0.4) is 0 Å². The van der Waals surface area contributed by atoms with Crippen molar-refractivity contribution in [3.8, 4) is 23.3 Å². The number of halogens is 1. The number of carbonyl (C=O) groups is 1. The van der Waals surface area contributed by atoms with Gasteiger partial charge in [-0.2, -0.15) is 10.4 Å². The molecule has 0 fully saturated rings. The zero-order valence-electron chi connectivity index (χ0n) is 14.1. The number of nitriles is 1. The summed E-state index contributed by atoms with van der Waals surface area (Å²) in [7, 11) is 0. The lowest BCUT2D eigenvalue weighted by atomic mass is 10.3. The largest absolute Gasteiger partial charge is 0.446 e. The fourth-order valence-corrected chi connectivity index (χ4v) is 2.25. The van der Waals surface area contributed by atoms with E-state index in [1.165, 1.54) is 17.1 Å². The average Bonchev–Trinajstić information content (AvgIpc) is 3.12. The number of benzene rings is 1. The standard InChI is InChI=1S/C17H11FN6O4/c18-11-3-4-14(13(8-11)24(26)27)28-15-10-23(12-2-1-6-20-9-12)22-16(15)17(25)21-7-5-19/h1-4,6,8-10H,7H2,(H,21,25). The van der Waals surface area contributed by atoms with Crippen molar-refractivity contribution in [3.05, 3.63) is 70.5 Å². The van der Waals surface area contributed by atoms with Gasteiger partial charge in [0, 0.05) is 6.20 Å². The molecule has 0 aliphatic rings. The SMILES string of the molecule is N#CCNC(=O)c1nn(-c2cccnc2)cc1Oc1ccc(F)cc1[N+](=O)[O-]. The third-order valence-corrected chi connectivity index (χ3v) is 3.47. The van der Waals surface area contributed by atoms with Gasteiger partial charge < -0.3 is 10.1 Å². The van der Waals surface area contributed by atoms with E-state index in [1.54, 1.807) is 24.4 Å². The molecule has 1 amide bonds. The zero-order valence-corrected chi connectivity index (χ0v) is 14.1. The fraction of sp³-hybridized carbons (Fsp3) is 0.0588. The van der Waals surface area contributed by atoms with Crippen molar-refractivity contribution in [1.29, 1.82) is 5.26 Å². The predicted molar refractivity (Wildman–Crippen MR) is 92.4 cm³/mol. The van der Waals surface area contributed by atoms with Gasteiger partial charge in [0.15, 0.2) is 11.4 Å². The molecule has 10 nitrogen and oxygen atoms in total. The van der Waals surface area contributed by atoms with E-state index in [9.17, 15) is 19.3 Å². The van der Waals surface area contributed by atoms with Crippen LogP contribution in [0.2, 0.25) is 0 Å². The van der Waals surface area contributed by atoms with Crippen LogP contribution < -0.4 is 10.1 Å². The van der Waals surface area contributed by atoms with Crippen molar-refractivity contribution in [2.45, 2.75) is 0 Å². The molecule has 0 saturated carbocycles. The van der Waals surface area contributed by atoms with Crippen LogP contribution in [0.1, 0.15) is 10.5 Å². The monoisotopic (exact) mass is 382 g/mol. The molecule has 0 aliphatic heterocycles. The predicted octanol–water partition coefficient (Wildman–Crippen LogP) is 2.36. The van der Waals surface area contributed by atoms with Crippen LogP contribution in [0.25, 0.3) is 5.69 Å². The molecule has 11 heteroatoms. The third-order valence-electron chi connectivity index (χ3n) is 3.47. The number of nitrogens with one attached hydrogen (secondary N) is 1. The first kappa shape index (κ1) is 18.5. The van der Waals surface area contributed by atoms with Crippen LogP contribution >= 0.6 is 0 Å². The van der Waals surface area contributed by atoms with E-state index >= 15 is 0 Å². The Balaban J connectivity index is 2.04. The minimum absolute atomic E-state index is 0.117. The molecule has 0 unspecified atom stereocenters. The molecule has 3 aromatic rings. The highest BCUT2D eigenvalue weighted by Crippen LogP contribution is 2.33. The molecule has 0 radical (unpaired) electrons. The van der Waals surface area contributed by atoms with E-state index < -0.39 is 22.3 Å². The lowest BCUT2D eigenvalue weighted by Crippen LogP contribution is -2.24. The van der Waals surface area contributed by atoms with Crippen molar-refractivity contribution in [3.63, 3.8) is 0 Å². The number of ether oxygens (including phenoxy) is 1. The van der Waals surface area contributed by atoms with Crippen LogP contribution in [0.15, 0.2) is 48.9 Å². The minimum atomic E-state index is -0.808. The Kier molecular flexibility index (Phi) is 5.22. The van der Waals surface area contributed by atoms with Gasteiger partial charge in [-0.1, -0.05) is 0 Å². The molecule has 0 atom stereocenters. The van der Waals surface area contributed by atoms with Gasteiger partial charge in [-0.05, 0) is 24.3 Å². The van der Waals surface area contributed by atoms with Crippen molar-refractivity contribution in [1.82, 2.24) is 20.1 Å². The number of aromatic nitrogens is 3. The van der Waals surface area contributed by atoms with Gasteiger partial charge in [-0.15, -0.1) is 0 Å². The highest BCUT2D eigenvalue weighted by molar-refractivity contribution is 5.95. The summed E-state index contributed by atoms with van der Waals surface area (Å²) >= 11 is 0. The lowest BCUT2D eigenvalue weighted by Gasteiger charge is -2.06.